The van der Waals surface area contributed by atoms with E-state index in [-0.39, 0.29) is 32.3 Å². The van der Waals surface area contributed by atoms with Crippen molar-refractivity contribution in [3.8, 4) is 0 Å². The predicted octanol–water partition coefficient (Wildman–Crippen LogP) is 9.40. The molecule has 4 aromatic rings. The Hall–Kier alpha value is -3.96. The van der Waals surface area contributed by atoms with E-state index in [0.717, 1.165) is 22.3 Å². The molecule has 0 amide bonds. The van der Waals surface area contributed by atoms with Gasteiger partial charge in [0.05, 0.1) is 33.5 Å². The van der Waals surface area contributed by atoms with Gasteiger partial charge in [-0.3, -0.25) is 27.1 Å². The summed E-state index contributed by atoms with van der Waals surface area (Å²) in [5.74, 6) is -2.52. The Morgan fingerprint density at radius 3 is 1.00 bits per heavy atom. The van der Waals surface area contributed by atoms with Crippen LogP contribution in [-0.4, -0.2) is 36.4 Å². The summed E-state index contributed by atoms with van der Waals surface area (Å²) in [4.78, 5) is 23.4. The largest absolute Gasteiger partial charge is 0.479 e. The fraction of sp³-hybridized carbons (Fsp3) is 0.333. The minimum Gasteiger partial charge on any atom is -0.479 e. The van der Waals surface area contributed by atoms with Crippen molar-refractivity contribution in [1.82, 2.24) is 0 Å². The molecular formula is C39H48O12P2. The van der Waals surface area contributed by atoms with Crippen molar-refractivity contribution < 1.29 is 55.7 Å². The van der Waals surface area contributed by atoms with Gasteiger partial charge in [0.1, 0.15) is 0 Å². The summed E-state index contributed by atoms with van der Waals surface area (Å²) in [7, 11) is -6.87. The highest BCUT2D eigenvalue weighted by atomic mass is 31.2. The predicted molar refractivity (Wildman–Crippen MR) is 199 cm³/mol. The van der Waals surface area contributed by atoms with Gasteiger partial charge in [0, 0.05) is 0 Å². The van der Waals surface area contributed by atoms with E-state index in [4.69, 9.17) is 31.9 Å². The molecule has 2 atom stereocenters. The number of hydrogen-bond acceptors (Lipinski definition) is 11. The first-order valence-electron chi connectivity index (χ1n) is 16.9. The van der Waals surface area contributed by atoms with Crippen LogP contribution in [0.15, 0.2) is 121 Å². The molecule has 53 heavy (non-hydrogen) atoms. The smallest absolute Gasteiger partial charge is 0.476 e. The number of carboxylic acids is 1. The molecule has 0 aromatic heterocycles. The van der Waals surface area contributed by atoms with Gasteiger partial charge in [-0.2, -0.15) is 0 Å². The molecule has 0 radical (unpaired) electrons. The molecule has 0 aliphatic heterocycles. The number of benzene rings is 4. The Kier molecular flexibility index (Phi) is 18.3. The highest BCUT2D eigenvalue weighted by Gasteiger charge is 2.38. The van der Waals surface area contributed by atoms with Gasteiger partial charge in [-0.15, -0.1) is 0 Å². The highest BCUT2D eigenvalue weighted by molar-refractivity contribution is 7.48. The third kappa shape index (κ3) is 15.9. The Morgan fingerprint density at radius 1 is 0.509 bits per heavy atom. The lowest BCUT2D eigenvalue weighted by atomic mass is 10.1. The third-order valence-electron chi connectivity index (χ3n) is 7.30. The number of aliphatic carboxylic acids is 1. The number of esters is 1. The number of phosphoric ester groups is 2. The van der Waals surface area contributed by atoms with Crippen LogP contribution in [0, 0.1) is 11.8 Å². The number of rotatable bonds is 20. The van der Waals surface area contributed by atoms with Crippen molar-refractivity contribution in [2.75, 3.05) is 7.11 Å². The van der Waals surface area contributed by atoms with Gasteiger partial charge in [0.25, 0.3) is 0 Å². The van der Waals surface area contributed by atoms with Crippen molar-refractivity contribution in [1.29, 1.82) is 0 Å². The van der Waals surface area contributed by atoms with Crippen molar-refractivity contribution in [2.24, 2.45) is 11.8 Å². The first-order valence-corrected chi connectivity index (χ1v) is 19.9. The molecule has 1 N–H and O–H groups in total. The van der Waals surface area contributed by atoms with Crippen LogP contribution in [0.25, 0.3) is 0 Å². The number of carboxylic acid groups (broad SMARTS) is 1. The summed E-state index contributed by atoms with van der Waals surface area (Å²) in [6, 6.07) is 36.7. The van der Waals surface area contributed by atoms with Crippen LogP contribution in [0.3, 0.4) is 0 Å². The molecule has 0 saturated carbocycles. The number of hydrogen-bond donors (Lipinski definition) is 1. The summed E-state index contributed by atoms with van der Waals surface area (Å²) in [6.07, 6.45) is -2.36. The second-order valence-corrected chi connectivity index (χ2v) is 15.6. The first-order chi connectivity index (χ1) is 25.3. The molecule has 0 aliphatic rings. The Bertz CT molecular complexity index is 1640. The van der Waals surface area contributed by atoms with Crippen molar-refractivity contribution in [2.45, 2.75) is 66.3 Å². The monoisotopic (exact) mass is 770 g/mol. The summed E-state index contributed by atoms with van der Waals surface area (Å²) in [6.45, 7) is 6.88. The normalized spacial score (nSPS) is 12.8. The highest BCUT2D eigenvalue weighted by Crippen LogP contribution is 2.54. The molecule has 286 valence electrons. The maximum absolute atomic E-state index is 13.2. The van der Waals surface area contributed by atoms with E-state index in [1.165, 1.54) is 7.11 Å². The van der Waals surface area contributed by atoms with Crippen LogP contribution in [0.2, 0.25) is 0 Å². The molecule has 14 heteroatoms. The Labute approximate surface area is 311 Å². The van der Waals surface area contributed by atoms with Crippen molar-refractivity contribution in [3.05, 3.63) is 144 Å². The van der Waals surface area contributed by atoms with Gasteiger partial charge in [-0.25, -0.2) is 18.7 Å². The Morgan fingerprint density at radius 2 is 0.774 bits per heavy atom. The van der Waals surface area contributed by atoms with E-state index in [1.807, 2.05) is 97.1 Å². The van der Waals surface area contributed by atoms with Crippen LogP contribution >= 0.6 is 15.6 Å². The molecule has 4 aromatic carbocycles. The molecule has 4 rings (SSSR count). The number of ether oxygens (including phenoxy) is 1. The minimum absolute atomic E-state index is 0.0165. The zero-order valence-corrected chi connectivity index (χ0v) is 32.3. The van der Waals surface area contributed by atoms with E-state index < -0.39 is 45.7 Å². The van der Waals surface area contributed by atoms with Gasteiger partial charge >= 0.3 is 27.6 Å². The molecule has 0 saturated heterocycles. The summed E-state index contributed by atoms with van der Waals surface area (Å²) in [5, 5.41) is 9.32. The lowest BCUT2D eigenvalue weighted by Crippen LogP contribution is -2.30. The Balaban J connectivity index is 0.000000286. The van der Waals surface area contributed by atoms with E-state index in [1.54, 1.807) is 52.0 Å². The first kappa shape index (κ1) is 43.4. The van der Waals surface area contributed by atoms with Gasteiger partial charge in [0.2, 0.25) is 0 Å². The molecule has 0 heterocycles. The fourth-order valence-electron chi connectivity index (χ4n) is 4.39. The summed E-state index contributed by atoms with van der Waals surface area (Å²) < 4.78 is 63.7. The number of carbonyl (C=O) groups excluding carboxylic acids is 1. The molecule has 0 aliphatic carbocycles. The van der Waals surface area contributed by atoms with Crippen LogP contribution in [0.1, 0.15) is 49.9 Å². The minimum atomic E-state index is -4.09. The van der Waals surface area contributed by atoms with Crippen molar-refractivity contribution >= 4 is 27.6 Å². The average molecular weight is 771 g/mol. The van der Waals surface area contributed by atoms with Gasteiger partial charge in [0.15, 0.2) is 12.2 Å². The van der Waals surface area contributed by atoms with Crippen LogP contribution in [0.4, 0.5) is 0 Å². The summed E-state index contributed by atoms with van der Waals surface area (Å²) in [5.41, 5.74) is 3.17. The van der Waals surface area contributed by atoms with Gasteiger partial charge in [-0.1, -0.05) is 149 Å². The quantitative estimate of drug-likeness (QED) is 0.0673. The van der Waals surface area contributed by atoms with E-state index in [9.17, 15) is 23.8 Å². The molecule has 0 fully saturated rings. The molecular weight excluding hydrogens is 722 g/mol. The molecule has 0 unspecified atom stereocenters. The zero-order valence-electron chi connectivity index (χ0n) is 30.5. The molecule has 0 spiro atoms. The fourth-order valence-corrected chi connectivity index (χ4v) is 7.23. The number of carbonyl (C=O) groups is 2. The van der Waals surface area contributed by atoms with E-state index in [2.05, 4.69) is 0 Å². The van der Waals surface area contributed by atoms with Crippen LogP contribution in [-0.2, 0) is 77.0 Å². The topological polar surface area (TPSA) is 153 Å². The third-order valence-corrected chi connectivity index (χ3v) is 10.1. The van der Waals surface area contributed by atoms with Gasteiger partial charge < -0.3 is 9.84 Å². The van der Waals surface area contributed by atoms with Crippen LogP contribution < -0.4 is 0 Å². The van der Waals surface area contributed by atoms with E-state index in [0.29, 0.717) is 0 Å². The lowest BCUT2D eigenvalue weighted by molar-refractivity contribution is -0.152. The summed E-state index contributed by atoms with van der Waals surface area (Å²) >= 11 is 0. The standard InChI is InChI=1S/C20H25O6P.C19H23O6P/c1-16(2)19(20(21)23-3)26-27(22,24-14-17-10-6-4-7-11-17)25-15-18-12-8-5-9-13-18;1-15(2)18(19(20)21)25-26(22,23-13-16-9-5-3-6-10-16)24-14-17-11-7-4-8-12-17/h4-13,16,19H,14-15H2,1-3H3;3-12,15,18H,13-14H2,1-2H3,(H,20,21)/t19-;18-/m00/s1. The maximum atomic E-state index is 13.2. The number of phosphoric acid groups is 2. The SMILES string of the molecule is CC(C)[C@H](OP(=O)(OCc1ccccc1)OCc1ccccc1)C(=O)O.COC(=O)[C@@H](OP(=O)(OCc1ccccc1)OCc1ccccc1)C(C)C. The maximum Gasteiger partial charge on any atom is 0.476 e. The lowest BCUT2D eigenvalue weighted by Gasteiger charge is -2.24. The van der Waals surface area contributed by atoms with Crippen molar-refractivity contribution in [3.63, 3.8) is 0 Å². The van der Waals surface area contributed by atoms with Crippen LogP contribution in [0.5, 0.6) is 0 Å². The van der Waals surface area contributed by atoms with E-state index >= 15 is 0 Å². The van der Waals surface area contributed by atoms with Gasteiger partial charge in [-0.05, 0) is 34.1 Å². The number of methoxy groups -OCH3 is 1. The zero-order chi connectivity index (χ0) is 38.7. The molecule has 0 bridgehead atoms. The second-order valence-electron chi connectivity index (χ2n) is 12.3. The molecule has 12 nitrogen and oxygen atoms in total. The second kappa shape index (κ2) is 22.3. The average Bonchev–Trinajstić information content (AvgIpc) is 3.17.